The van der Waals surface area contributed by atoms with Gasteiger partial charge in [-0.05, 0) is 42.8 Å². The van der Waals surface area contributed by atoms with Crippen LogP contribution in [0.25, 0.3) is 17.2 Å². The van der Waals surface area contributed by atoms with Crippen molar-refractivity contribution >= 4 is 60.6 Å². The fourth-order valence-corrected chi connectivity index (χ4v) is 8.39. The Labute approximate surface area is 255 Å². The fourth-order valence-electron chi connectivity index (χ4n) is 5.07. The number of thiophene rings is 1. The molecular weight excluding hydrogens is 620 g/mol. The molecule has 0 saturated carbocycles. The van der Waals surface area contributed by atoms with Crippen molar-refractivity contribution in [2.75, 3.05) is 57.1 Å². The van der Waals surface area contributed by atoms with Crippen LogP contribution >= 0.6 is 22.9 Å². The van der Waals surface area contributed by atoms with E-state index < -0.39 is 25.9 Å². The Morgan fingerprint density at radius 3 is 2.50 bits per heavy atom. The summed E-state index contributed by atoms with van der Waals surface area (Å²) in [7, 11) is -7.42. The van der Waals surface area contributed by atoms with Crippen LogP contribution in [0.2, 0.25) is 4.34 Å². The summed E-state index contributed by atoms with van der Waals surface area (Å²) in [5.41, 5.74) is 1.11. The third-order valence-electron chi connectivity index (χ3n) is 7.21. The summed E-state index contributed by atoms with van der Waals surface area (Å²) in [5.74, 6) is 0.0160. The van der Waals surface area contributed by atoms with Crippen LogP contribution in [0.4, 0.5) is 5.82 Å². The van der Waals surface area contributed by atoms with Crippen LogP contribution < -0.4 is 4.90 Å². The topological polar surface area (TPSA) is 117 Å². The summed E-state index contributed by atoms with van der Waals surface area (Å²) in [4.78, 5) is 22.6. The molecule has 0 spiro atoms. The molecule has 1 atom stereocenters. The summed E-state index contributed by atoms with van der Waals surface area (Å²) < 4.78 is 59.0. The van der Waals surface area contributed by atoms with Crippen molar-refractivity contribution in [2.24, 2.45) is 0 Å². The van der Waals surface area contributed by atoms with E-state index in [1.807, 2.05) is 0 Å². The lowest BCUT2D eigenvalue weighted by Crippen LogP contribution is -2.49. The largest absolute Gasteiger partial charge is 0.379 e. The molecule has 42 heavy (non-hydrogen) atoms. The first-order valence-corrected chi connectivity index (χ1v) is 17.9. The minimum Gasteiger partial charge on any atom is -0.379 e. The van der Waals surface area contributed by atoms with Gasteiger partial charge < -0.3 is 4.74 Å². The molecule has 0 radical (unpaired) electrons. The number of sulfonamides is 1. The number of carbonyl (C=O) groups is 1. The van der Waals surface area contributed by atoms with Gasteiger partial charge in [0.25, 0.3) is 0 Å². The van der Waals surface area contributed by atoms with Crippen LogP contribution in [0.15, 0.2) is 65.0 Å². The van der Waals surface area contributed by atoms with Crippen molar-refractivity contribution in [1.82, 2.24) is 14.2 Å². The van der Waals surface area contributed by atoms with Crippen molar-refractivity contribution in [1.29, 1.82) is 0 Å². The van der Waals surface area contributed by atoms with E-state index in [2.05, 4.69) is 9.88 Å². The number of sulfone groups is 1. The van der Waals surface area contributed by atoms with Crippen LogP contribution in [0.3, 0.4) is 0 Å². The molecule has 2 aliphatic heterocycles. The molecule has 2 saturated heterocycles. The van der Waals surface area contributed by atoms with Crippen LogP contribution in [0, 0.1) is 0 Å². The number of benzene rings is 1. The summed E-state index contributed by atoms with van der Waals surface area (Å²) in [6, 6.07) is 12.6. The maximum atomic E-state index is 13.7. The average molecular weight is 651 g/mol. The highest BCUT2D eigenvalue weighted by Gasteiger charge is 2.41. The van der Waals surface area contributed by atoms with Gasteiger partial charge in [-0.3, -0.25) is 14.6 Å². The number of halogens is 1. The van der Waals surface area contributed by atoms with Crippen molar-refractivity contribution in [2.45, 2.75) is 17.4 Å². The second-order valence-electron chi connectivity index (χ2n) is 10.0. The van der Waals surface area contributed by atoms with Crippen LogP contribution in [-0.4, -0.2) is 95.2 Å². The lowest BCUT2D eigenvalue weighted by molar-refractivity contribution is -0.120. The molecule has 10 nitrogen and oxygen atoms in total. The maximum Gasteiger partial charge on any atom is 0.246 e. The number of pyridine rings is 1. The molecule has 224 valence electrons. The minimum absolute atomic E-state index is 0.150. The highest BCUT2D eigenvalue weighted by atomic mass is 35.5. The van der Waals surface area contributed by atoms with E-state index in [4.69, 9.17) is 16.3 Å². The van der Waals surface area contributed by atoms with Gasteiger partial charge in [0.2, 0.25) is 15.9 Å². The van der Waals surface area contributed by atoms with Gasteiger partial charge in [-0.25, -0.2) is 21.8 Å². The van der Waals surface area contributed by atoms with Crippen molar-refractivity contribution in [3.05, 3.63) is 69.3 Å². The first-order chi connectivity index (χ1) is 20.0. The molecule has 2 aromatic heterocycles. The molecule has 2 aliphatic rings. The lowest BCUT2D eigenvalue weighted by atomic mass is 10.1. The van der Waals surface area contributed by atoms with Crippen molar-refractivity contribution in [3.63, 3.8) is 0 Å². The molecule has 2 fully saturated rings. The quantitative estimate of drug-likeness (QED) is 0.327. The van der Waals surface area contributed by atoms with E-state index in [0.717, 1.165) is 11.7 Å². The molecule has 5 rings (SSSR count). The van der Waals surface area contributed by atoms with Gasteiger partial charge in [0.05, 0.1) is 22.4 Å². The number of hydrogen-bond donors (Lipinski definition) is 0. The van der Waals surface area contributed by atoms with Gasteiger partial charge in [-0.2, -0.15) is 4.31 Å². The zero-order valence-electron chi connectivity index (χ0n) is 22.9. The SMILES string of the molecule is CS(=O)(=O)c1ccccc1-c1ccc(N2CC[C@H](N(CCN3CCOCC3)S(=O)(=O)C=Cc3ccc(Cl)s3)C2=O)nc1. The fraction of sp³-hybridized carbons (Fsp3) is 0.357. The molecule has 0 N–H and O–H groups in total. The molecular formula is C28H31ClN4O6S3. The van der Waals surface area contributed by atoms with Crippen LogP contribution in [0.1, 0.15) is 11.3 Å². The standard InChI is InChI=1S/C28H31ClN4O6S3/c1-41(35,36)25-5-3-2-4-23(25)21-6-9-27(30-20-21)32-12-10-24(28(32)34)33(14-13-31-15-17-39-18-16-31)42(37,38)19-11-22-7-8-26(29)40-22/h2-9,11,19-20,24H,10,12-18H2,1H3/t24-/m0/s1. The Kier molecular flexibility index (Phi) is 9.47. The van der Waals surface area contributed by atoms with E-state index in [1.165, 1.54) is 32.8 Å². The van der Waals surface area contributed by atoms with Gasteiger partial charge in [0.15, 0.2) is 9.84 Å². The number of hydrogen-bond acceptors (Lipinski definition) is 9. The number of morpholine rings is 1. The Hall–Kier alpha value is -2.65. The number of carbonyl (C=O) groups excluding carboxylic acids is 1. The third-order valence-corrected chi connectivity index (χ3v) is 11.1. The molecule has 0 bridgehead atoms. The number of amides is 1. The van der Waals surface area contributed by atoms with Gasteiger partial charge >= 0.3 is 0 Å². The highest BCUT2D eigenvalue weighted by Crippen LogP contribution is 2.30. The summed E-state index contributed by atoms with van der Waals surface area (Å²) in [5, 5.41) is 1.14. The third kappa shape index (κ3) is 7.10. The lowest BCUT2D eigenvalue weighted by Gasteiger charge is -2.31. The minimum atomic E-state index is -3.96. The molecule has 1 amide bonds. The maximum absolute atomic E-state index is 13.7. The predicted molar refractivity (Wildman–Crippen MR) is 165 cm³/mol. The molecule has 0 aliphatic carbocycles. The first kappa shape index (κ1) is 30.8. The smallest absolute Gasteiger partial charge is 0.246 e. The number of aromatic nitrogens is 1. The number of ether oxygens (including phenoxy) is 1. The molecule has 3 aromatic rings. The van der Waals surface area contributed by atoms with E-state index in [0.29, 0.717) is 72.0 Å². The zero-order valence-corrected chi connectivity index (χ0v) is 26.1. The summed E-state index contributed by atoms with van der Waals surface area (Å²) in [6.07, 6.45) is 4.49. The van der Waals surface area contributed by atoms with Gasteiger partial charge in [-0.1, -0.05) is 29.8 Å². The molecule has 0 unspecified atom stereocenters. The Balaban J connectivity index is 1.37. The number of anilines is 1. The highest BCUT2D eigenvalue weighted by molar-refractivity contribution is 7.92. The van der Waals surface area contributed by atoms with Crippen LogP contribution in [0.5, 0.6) is 0 Å². The van der Waals surface area contributed by atoms with E-state index in [9.17, 15) is 21.6 Å². The second kappa shape index (κ2) is 12.9. The van der Waals surface area contributed by atoms with Gasteiger partial charge in [0.1, 0.15) is 11.9 Å². The predicted octanol–water partition coefficient (Wildman–Crippen LogP) is 3.61. The zero-order chi connectivity index (χ0) is 29.9. The number of nitrogens with zero attached hydrogens (tertiary/aromatic N) is 4. The van der Waals surface area contributed by atoms with E-state index in [1.54, 1.807) is 48.5 Å². The summed E-state index contributed by atoms with van der Waals surface area (Å²) >= 11 is 7.27. The Morgan fingerprint density at radius 2 is 1.83 bits per heavy atom. The Bertz CT molecular complexity index is 1670. The summed E-state index contributed by atoms with van der Waals surface area (Å²) in [6.45, 7) is 3.47. The normalized spacial score (nSPS) is 18.9. The molecule has 1 aromatic carbocycles. The van der Waals surface area contributed by atoms with Gasteiger partial charge in [0, 0.05) is 66.6 Å². The first-order valence-electron chi connectivity index (χ1n) is 13.4. The second-order valence-corrected chi connectivity index (χ2v) is 15.5. The average Bonchev–Trinajstić information content (AvgIpc) is 3.57. The van der Waals surface area contributed by atoms with Crippen molar-refractivity contribution < 1.29 is 26.4 Å². The Morgan fingerprint density at radius 1 is 1.07 bits per heavy atom. The number of rotatable bonds is 10. The molecule has 14 heteroatoms. The van der Waals surface area contributed by atoms with Crippen LogP contribution in [-0.2, 0) is 29.4 Å². The van der Waals surface area contributed by atoms with Gasteiger partial charge in [-0.15, -0.1) is 11.3 Å². The molecule has 4 heterocycles. The van der Waals surface area contributed by atoms with E-state index in [-0.39, 0.29) is 17.3 Å². The van der Waals surface area contributed by atoms with Crippen molar-refractivity contribution in [3.8, 4) is 11.1 Å². The van der Waals surface area contributed by atoms with E-state index >= 15 is 0 Å². The monoisotopic (exact) mass is 650 g/mol.